The van der Waals surface area contributed by atoms with Crippen molar-refractivity contribution in [3.63, 3.8) is 0 Å². The monoisotopic (exact) mass is 342 g/mol. The molecule has 1 aliphatic heterocycles. The third kappa shape index (κ3) is 3.69. The van der Waals surface area contributed by atoms with Gasteiger partial charge in [0, 0.05) is 12.7 Å². The van der Waals surface area contributed by atoms with Gasteiger partial charge in [-0.2, -0.15) is 0 Å². The van der Waals surface area contributed by atoms with Crippen LogP contribution in [0.3, 0.4) is 0 Å². The maximum atomic E-state index is 13.2. The van der Waals surface area contributed by atoms with Gasteiger partial charge in [0.2, 0.25) is 5.91 Å². The lowest BCUT2D eigenvalue weighted by atomic mass is 9.97. The van der Waals surface area contributed by atoms with Crippen LogP contribution in [0, 0.1) is 12.7 Å². The van der Waals surface area contributed by atoms with Crippen LogP contribution in [0.1, 0.15) is 17.2 Å². The van der Waals surface area contributed by atoms with Crippen LogP contribution in [0.4, 0.5) is 10.1 Å². The lowest BCUT2D eigenvalue weighted by Crippen LogP contribution is -2.51. The summed E-state index contributed by atoms with van der Waals surface area (Å²) in [6, 6.07) is 12.5. The molecule has 2 aromatic carbocycles. The van der Waals surface area contributed by atoms with E-state index in [0.717, 1.165) is 5.56 Å². The van der Waals surface area contributed by atoms with Gasteiger partial charge in [0.1, 0.15) is 12.4 Å². The number of morpholine rings is 1. The van der Waals surface area contributed by atoms with Crippen LogP contribution in [0.5, 0.6) is 0 Å². The highest BCUT2D eigenvalue weighted by Crippen LogP contribution is 2.30. The Morgan fingerprint density at radius 1 is 1.16 bits per heavy atom. The number of amides is 2. The van der Waals surface area contributed by atoms with E-state index in [-0.39, 0.29) is 24.2 Å². The molecule has 1 fully saturated rings. The summed E-state index contributed by atoms with van der Waals surface area (Å²) in [6.07, 6.45) is -0.880. The Hall–Kier alpha value is -2.73. The number of hydrogen-bond donors (Lipinski definition) is 1. The van der Waals surface area contributed by atoms with Crippen LogP contribution in [0.25, 0.3) is 0 Å². The molecular formula is C19H19FN2O3. The number of rotatable bonds is 3. The minimum atomic E-state index is -0.880. The Balaban J connectivity index is 1.85. The van der Waals surface area contributed by atoms with Gasteiger partial charge in [-0.15, -0.1) is 0 Å². The molecule has 1 heterocycles. The smallest absolute Gasteiger partial charge is 0.256 e. The number of halogens is 1. The number of carbonyl (C=O) groups is 2. The van der Waals surface area contributed by atoms with E-state index in [1.165, 1.54) is 17.0 Å². The van der Waals surface area contributed by atoms with E-state index in [1.807, 2.05) is 19.1 Å². The summed E-state index contributed by atoms with van der Waals surface area (Å²) in [5.41, 5.74) is 2.37. The molecule has 2 aromatic rings. The van der Waals surface area contributed by atoms with Crippen molar-refractivity contribution in [2.24, 2.45) is 0 Å². The van der Waals surface area contributed by atoms with Crippen molar-refractivity contribution in [3.05, 3.63) is 65.5 Å². The molecule has 0 aromatic heterocycles. The van der Waals surface area contributed by atoms with Crippen molar-refractivity contribution < 1.29 is 18.7 Å². The largest absolute Gasteiger partial charge is 0.356 e. The van der Waals surface area contributed by atoms with Crippen LogP contribution in [0.2, 0.25) is 0 Å². The highest BCUT2D eigenvalue weighted by molar-refractivity contribution is 5.96. The highest BCUT2D eigenvalue weighted by Gasteiger charge is 2.40. The fourth-order valence-corrected chi connectivity index (χ4v) is 2.84. The van der Waals surface area contributed by atoms with E-state index < -0.39 is 12.1 Å². The van der Waals surface area contributed by atoms with Crippen molar-refractivity contribution in [1.29, 1.82) is 0 Å². The first-order valence-corrected chi connectivity index (χ1v) is 7.96. The highest BCUT2D eigenvalue weighted by atomic mass is 19.1. The van der Waals surface area contributed by atoms with Crippen LogP contribution in [-0.2, 0) is 14.3 Å². The molecule has 5 nitrogen and oxygen atoms in total. The molecule has 130 valence electrons. The Morgan fingerprint density at radius 2 is 1.80 bits per heavy atom. The molecule has 2 atom stereocenters. The molecule has 1 aliphatic rings. The van der Waals surface area contributed by atoms with Gasteiger partial charge in [-0.25, -0.2) is 4.39 Å². The van der Waals surface area contributed by atoms with Gasteiger partial charge in [-0.1, -0.05) is 29.8 Å². The molecule has 0 bridgehead atoms. The molecule has 1 N–H and O–H groups in total. The lowest BCUT2D eigenvalue weighted by molar-refractivity contribution is -0.160. The van der Waals surface area contributed by atoms with E-state index in [0.29, 0.717) is 11.3 Å². The molecule has 0 aliphatic carbocycles. The van der Waals surface area contributed by atoms with E-state index in [4.69, 9.17) is 4.74 Å². The molecule has 6 heteroatoms. The zero-order valence-corrected chi connectivity index (χ0v) is 14.0. The summed E-state index contributed by atoms with van der Waals surface area (Å²) in [6.45, 7) is 1.79. The van der Waals surface area contributed by atoms with Crippen LogP contribution < -0.4 is 5.32 Å². The summed E-state index contributed by atoms with van der Waals surface area (Å²) in [5, 5.41) is 2.81. The number of ether oxygens (including phenoxy) is 1. The Bertz CT molecular complexity index is 774. The second-order valence-electron chi connectivity index (χ2n) is 6.09. The zero-order chi connectivity index (χ0) is 18.0. The zero-order valence-electron chi connectivity index (χ0n) is 14.0. The molecule has 0 saturated carbocycles. The third-order valence-corrected chi connectivity index (χ3v) is 4.27. The predicted molar refractivity (Wildman–Crippen MR) is 91.5 cm³/mol. The fourth-order valence-electron chi connectivity index (χ4n) is 2.84. The lowest BCUT2D eigenvalue weighted by Gasteiger charge is -2.38. The maximum absolute atomic E-state index is 13.2. The average molecular weight is 342 g/mol. The molecule has 0 spiro atoms. The predicted octanol–water partition coefficient (Wildman–Crippen LogP) is 2.67. The van der Waals surface area contributed by atoms with Crippen molar-refractivity contribution in [3.8, 4) is 0 Å². The maximum Gasteiger partial charge on any atom is 0.256 e. The number of hydrogen-bond acceptors (Lipinski definition) is 3. The average Bonchev–Trinajstić information content (AvgIpc) is 2.60. The summed E-state index contributed by atoms with van der Waals surface area (Å²) >= 11 is 0. The van der Waals surface area contributed by atoms with Gasteiger partial charge in [0.05, 0.1) is 6.04 Å². The minimum Gasteiger partial charge on any atom is -0.356 e. The van der Waals surface area contributed by atoms with E-state index in [1.54, 1.807) is 31.3 Å². The van der Waals surface area contributed by atoms with Crippen LogP contribution in [0.15, 0.2) is 48.5 Å². The second kappa shape index (κ2) is 7.03. The molecule has 0 radical (unpaired) electrons. The molecule has 3 rings (SSSR count). The topological polar surface area (TPSA) is 58.6 Å². The number of anilines is 1. The van der Waals surface area contributed by atoms with Crippen molar-refractivity contribution in [2.75, 3.05) is 19.0 Å². The number of carbonyl (C=O) groups excluding carboxylic acids is 2. The number of nitrogens with zero attached hydrogens (tertiary/aromatic N) is 1. The Kier molecular flexibility index (Phi) is 4.81. The van der Waals surface area contributed by atoms with Crippen molar-refractivity contribution in [2.45, 2.75) is 19.1 Å². The van der Waals surface area contributed by atoms with Gasteiger partial charge in [-0.3, -0.25) is 9.59 Å². The summed E-state index contributed by atoms with van der Waals surface area (Å²) < 4.78 is 18.7. The third-order valence-electron chi connectivity index (χ3n) is 4.27. The van der Waals surface area contributed by atoms with Crippen molar-refractivity contribution in [1.82, 2.24) is 4.90 Å². The molecule has 2 amide bonds. The van der Waals surface area contributed by atoms with Crippen LogP contribution in [-0.4, -0.2) is 36.5 Å². The fraction of sp³-hybridized carbons (Fsp3) is 0.263. The molecule has 0 unspecified atom stereocenters. The summed E-state index contributed by atoms with van der Waals surface area (Å²) in [5.74, 6) is -0.957. The minimum absolute atomic E-state index is 0.166. The number of benzene rings is 2. The first-order chi connectivity index (χ1) is 12.0. The normalized spacial score (nSPS) is 20.4. The van der Waals surface area contributed by atoms with Gasteiger partial charge < -0.3 is 15.0 Å². The van der Waals surface area contributed by atoms with Crippen molar-refractivity contribution >= 4 is 17.5 Å². The van der Waals surface area contributed by atoms with Crippen LogP contribution >= 0.6 is 0 Å². The molecule has 25 heavy (non-hydrogen) atoms. The van der Waals surface area contributed by atoms with E-state index in [9.17, 15) is 14.0 Å². The number of aryl methyl sites for hydroxylation is 1. The Labute approximate surface area is 145 Å². The van der Waals surface area contributed by atoms with Gasteiger partial charge in [0.15, 0.2) is 6.10 Å². The van der Waals surface area contributed by atoms with Gasteiger partial charge >= 0.3 is 0 Å². The standard InChI is InChI=1S/C19H19FN2O3/c1-12-3-9-15(10-4-12)21-19(24)18-17(22(2)16(23)11-25-18)13-5-7-14(20)8-6-13/h3-10,17-18H,11H2,1-2H3,(H,21,24)/t17-,18-/m0/s1. The Morgan fingerprint density at radius 3 is 2.44 bits per heavy atom. The van der Waals surface area contributed by atoms with E-state index in [2.05, 4.69) is 5.32 Å². The summed E-state index contributed by atoms with van der Waals surface area (Å²) in [4.78, 5) is 26.2. The van der Waals surface area contributed by atoms with E-state index >= 15 is 0 Å². The van der Waals surface area contributed by atoms with Gasteiger partial charge in [-0.05, 0) is 36.8 Å². The number of likely N-dealkylation sites (N-methyl/N-ethyl adjacent to an activating group) is 1. The summed E-state index contributed by atoms with van der Waals surface area (Å²) in [7, 11) is 1.62. The second-order valence-corrected chi connectivity index (χ2v) is 6.09. The molecule has 1 saturated heterocycles. The quantitative estimate of drug-likeness (QED) is 0.933. The number of nitrogens with one attached hydrogen (secondary N) is 1. The SMILES string of the molecule is Cc1ccc(NC(=O)[C@H]2OCC(=O)N(C)[C@H]2c2ccc(F)cc2)cc1. The van der Waals surface area contributed by atoms with Gasteiger partial charge in [0.25, 0.3) is 5.91 Å². The first kappa shape index (κ1) is 17.1. The first-order valence-electron chi connectivity index (χ1n) is 7.96. The molecular weight excluding hydrogens is 323 g/mol.